The molecule has 9 heteroatoms. The lowest BCUT2D eigenvalue weighted by molar-refractivity contribution is -0.113. The van der Waals surface area contributed by atoms with E-state index in [-0.39, 0.29) is 12.8 Å². The van der Waals surface area contributed by atoms with E-state index < -0.39 is 31.0 Å². The quantitative estimate of drug-likeness (QED) is 0.530. The van der Waals surface area contributed by atoms with Crippen molar-refractivity contribution in [1.29, 1.82) is 0 Å². The van der Waals surface area contributed by atoms with Gasteiger partial charge in [-0.2, -0.15) is 0 Å². The van der Waals surface area contributed by atoms with Gasteiger partial charge in [-0.05, 0) is 12.2 Å². The van der Waals surface area contributed by atoms with E-state index >= 15 is 0 Å². The highest BCUT2D eigenvalue weighted by molar-refractivity contribution is 6.50. The van der Waals surface area contributed by atoms with Crippen molar-refractivity contribution in [3.05, 3.63) is 24.3 Å². The second-order valence-corrected chi connectivity index (χ2v) is 9.60. The molecule has 0 heterocycles. The summed E-state index contributed by atoms with van der Waals surface area (Å²) in [4.78, 5) is 0. The number of alkyl halides is 6. The van der Waals surface area contributed by atoms with Gasteiger partial charge < -0.3 is 14.9 Å². The number of ether oxygens (including phenoxy) is 1. The summed E-state index contributed by atoms with van der Waals surface area (Å²) in [6.45, 7) is 0. The molecule has 4 unspecified atom stereocenters. The lowest BCUT2D eigenvalue weighted by atomic mass is 9.97. The van der Waals surface area contributed by atoms with Crippen molar-refractivity contribution in [2.45, 2.75) is 43.8 Å². The summed E-state index contributed by atoms with van der Waals surface area (Å²) in [6, 6.07) is 0. The van der Waals surface area contributed by atoms with Crippen molar-refractivity contribution >= 4 is 69.6 Å². The molecule has 0 spiro atoms. The second kappa shape index (κ2) is 5.87. The van der Waals surface area contributed by atoms with E-state index in [1.165, 1.54) is 24.3 Å². The molecule has 0 fully saturated rings. The van der Waals surface area contributed by atoms with E-state index in [1.54, 1.807) is 0 Å². The van der Waals surface area contributed by atoms with Crippen LogP contribution in [0, 0.1) is 0 Å². The third-order valence-electron chi connectivity index (χ3n) is 3.16. The van der Waals surface area contributed by atoms with Gasteiger partial charge in [0.15, 0.2) is 10.1 Å². The molecule has 0 aromatic heterocycles. The maximum Gasteiger partial charge on any atom is 0.171 e. The first-order valence-electron chi connectivity index (χ1n) is 5.95. The molecule has 3 nitrogen and oxygen atoms in total. The molecule has 0 aromatic carbocycles. The van der Waals surface area contributed by atoms with Crippen LogP contribution in [0.2, 0.25) is 0 Å². The van der Waals surface area contributed by atoms with E-state index in [9.17, 15) is 10.2 Å². The van der Waals surface area contributed by atoms with E-state index in [0.29, 0.717) is 0 Å². The Balaban J connectivity index is 2.18. The Labute approximate surface area is 152 Å². The summed E-state index contributed by atoms with van der Waals surface area (Å²) in [5, 5.41) is 16.7. The zero-order chi connectivity index (χ0) is 16.1. The Morgan fingerprint density at radius 1 is 0.762 bits per heavy atom. The van der Waals surface area contributed by atoms with Gasteiger partial charge in [0.25, 0.3) is 0 Å². The van der Waals surface area contributed by atoms with Crippen molar-refractivity contribution in [2.24, 2.45) is 0 Å². The molecule has 2 N–H and O–H groups in total. The summed E-state index contributed by atoms with van der Waals surface area (Å²) in [5.41, 5.74) is 0. The topological polar surface area (TPSA) is 49.7 Å². The normalized spacial score (nSPS) is 44.8. The monoisotopic (exact) mass is 414 g/mol. The average molecular weight is 417 g/mol. The molecule has 0 aromatic rings. The number of aliphatic hydroxyl groups is 2. The number of halogens is 6. The molecule has 0 radical (unpaired) electrons. The summed E-state index contributed by atoms with van der Waals surface area (Å²) in [7, 11) is 0. The van der Waals surface area contributed by atoms with Crippen molar-refractivity contribution in [2.75, 3.05) is 0 Å². The summed E-state index contributed by atoms with van der Waals surface area (Å²) >= 11 is 35.7. The molecule has 21 heavy (non-hydrogen) atoms. The van der Waals surface area contributed by atoms with Gasteiger partial charge in [-0.3, -0.25) is 0 Å². The highest BCUT2D eigenvalue weighted by atomic mass is 35.5. The zero-order valence-corrected chi connectivity index (χ0v) is 15.0. The highest BCUT2D eigenvalue weighted by Crippen LogP contribution is 2.45. The average Bonchev–Trinajstić information content (AvgIpc) is 2.21. The standard InChI is InChI=1S/C12H12Cl6O3/c13-9(14)3-1-7(11(17,19)5-9)21-8-2-4-10(15,16)6-12(8,18)20/h1-4,7-8,19-20H,5-6H2. The third-order valence-corrected chi connectivity index (χ3v) is 4.90. The maximum absolute atomic E-state index is 10.2. The van der Waals surface area contributed by atoms with Gasteiger partial charge in [-0.25, -0.2) is 0 Å². The summed E-state index contributed by atoms with van der Waals surface area (Å²) in [6.07, 6.45) is 3.48. The van der Waals surface area contributed by atoms with Gasteiger partial charge >= 0.3 is 0 Å². The molecule has 0 aliphatic heterocycles. The predicted molar refractivity (Wildman–Crippen MR) is 86.7 cm³/mol. The van der Waals surface area contributed by atoms with E-state index in [2.05, 4.69) is 0 Å². The number of allylic oxidation sites excluding steroid dienone is 2. The molecule has 0 saturated carbocycles. The first-order valence-corrected chi connectivity index (χ1v) is 8.22. The minimum absolute atomic E-state index is 0.155. The Bertz CT molecular complexity index is 430. The number of hydrogen-bond donors (Lipinski definition) is 2. The Morgan fingerprint density at radius 2 is 1.10 bits per heavy atom. The minimum Gasteiger partial charge on any atom is -0.372 e. The Kier molecular flexibility index (Phi) is 5.16. The van der Waals surface area contributed by atoms with Crippen molar-refractivity contribution in [3.8, 4) is 0 Å². The van der Waals surface area contributed by atoms with Crippen LogP contribution in [-0.2, 0) is 4.74 Å². The summed E-state index contributed by atoms with van der Waals surface area (Å²) < 4.78 is 2.99. The zero-order valence-electron chi connectivity index (χ0n) is 10.4. The SMILES string of the molecule is OC1(Cl)CC(Cl)(Cl)C=CC1OC1C=CC(Cl)(Cl)CC1(O)Cl. The Morgan fingerprint density at radius 3 is 1.38 bits per heavy atom. The van der Waals surface area contributed by atoms with Crippen LogP contribution in [-0.4, -0.2) is 41.2 Å². The fourth-order valence-corrected chi connectivity index (χ4v) is 4.24. The third kappa shape index (κ3) is 4.56. The lowest BCUT2D eigenvalue weighted by Gasteiger charge is -2.42. The van der Waals surface area contributed by atoms with E-state index in [1.807, 2.05) is 0 Å². The van der Waals surface area contributed by atoms with Gasteiger partial charge in [0.05, 0.1) is 0 Å². The van der Waals surface area contributed by atoms with Crippen LogP contribution < -0.4 is 0 Å². The molecule has 2 aliphatic rings. The van der Waals surface area contributed by atoms with Crippen molar-refractivity contribution in [1.82, 2.24) is 0 Å². The van der Waals surface area contributed by atoms with Gasteiger partial charge in [0.1, 0.15) is 20.9 Å². The maximum atomic E-state index is 10.2. The second-order valence-electron chi connectivity index (χ2n) is 5.21. The first kappa shape index (κ1) is 18.4. The first-order chi connectivity index (χ1) is 9.33. The van der Waals surface area contributed by atoms with Gasteiger partial charge in [-0.15, -0.1) is 0 Å². The molecule has 4 atom stereocenters. The van der Waals surface area contributed by atoms with Crippen molar-refractivity contribution in [3.63, 3.8) is 0 Å². The number of hydrogen-bond acceptors (Lipinski definition) is 3. The molecule has 0 amide bonds. The van der Waals surface area contributed by atoms with Crippen molar-refractivity contribution < 1.29 is 14.9 Å². The van der Waals surface area contributed by atoms with Crippen LogP contribution in [0.25, 0.3) is 0 Å². The van der Waals surface area contributed by atoms with Gasteiger partial charge in [-0.1, -0.05) is 81.8 Å². The molecule has 2 aliphatic carbocycles. The molecular weight excluding hydrogens is 405 g/mol. The van der Waals surface area contributed by atoms with Crippen LogP contribution in [0.4, 0.5) is 0 Å². The molecule has 0 saturated heterocycles. The van der Waals surface area contributed by atoms with Crippen LogP contribution in [0.1, 0.15) is 12.8 Å². The van der Waals surface area contributed by atoms with E-state index in [0.717, 1.165) is 0 Å². The van der Waals surface area contributed by atoms with Crippen LogP contribution in [0.15, 0.2) is 24.3 Å². The van der Waals surface area contributed by atoms with Gasteiger partial charge in [0.2, 0.25) is 0 Å². The molecule has 120 valence electrons. The largest absolute Gasteiger partial charge is 0.372 e. The van der Waals surface area contributed by atoms with Gasteiger partial charge in [0, 0.05) is 12.8 Å². The van der Waals surface area contributed by atoms with Crippen LogP contribution in [0.3, 0.4) is 0 Å². The predicted octanol–water partition coefficient (Wildman–Crippen LogP) is 3.86. The highest BCUT2D eigenvalue weighted by Gasteiger charge is 2.50. The van der Waals surface area contributed by atoms with E-state index in [4.69, 9.17) is 74.3 Å². The fraction of sp³-hybridized carbons (Fsp3) is 0.667. The number of rotatable bonds is 2. The molecular formula is C12H12Cl6O3. The Hall–Kier alpha value is 1.10. The summed E-state index contributed by atoms with van der Waals surface area (Å²) in [5.74, 6) is 0. The smallest absolute Gasteiger partial charge is 0.171 e. The molecule has 0 bridgehead atoms. The lowest BCUT2D eigenvalue weighted by Crippen LogP contribution is -2.51. The van der Waals surface area contributed by atoms with Crippen LogP contribution >= 0.6 is 69.6 Å². The molecule has 2 rings (SSSR count). The fourth-order valence-electron chi connectivity index (χ4n) is 2.19. The van der Waals surface area contributed by atoms with Crippen LogP contribution in [0.5, 0.6) is 0 Å². The minimum atomic E-state index is -1.84.